The fourth-order valence-electron chi connectivity index (χ4n) is 1.78. The maximum atomic E-state index is 9.94. The second-order valence-electron chi connectivity index (χ2n) is 3.61. The summed E-state index contributed by atoms with van der Waals surface area (Å²) in [5, 5.41) is 9.94. The molecule has 1 aromatic carbocycles. The molecule has 1 heterocycles. The average Bonchev–Trinajstić information content (AvgIpc) is 2.35. The highest BCUT2D eigenvalue weighted by Crippen LogP contribution is 2.38. The maximum absolute atomic E-state index is 9.94. The number of rotatable bonds is 0. The van der Waals surface area contributed by atoms with Crippen molar-refractivity contribution in [2.45, 2.75) is 25.9 Å². The topological polar surface area (TPSA) is 29.5 Å². The molecule has 0 amide bonds. The van der Waals surface area contributed by atoms with Gasteiger partial charge in [-0.05, 0) is 31.4 Å². The number of benzene rings is 1. The first-order chi connectivity index (χ1) is 6.70. The summed E-state index contributed by atoms with van der Waals surface area (Å²) in [4.78, 5) is 0. The van der Waals surface area contributed by atoms with Crippen LogP contribution in [0.1, 0.15) is 30.1 Å². The van der Waals surface area contributed by atoms with Crippen LogP contribution in [0.4, 0.5) is 0 Å². The van der Waals surface area contributed by atoms with Gasteiger partial charge in [-0.2, -0.15) is 0 Å². The lowest BCUT2D eigenvalue weighted by molar-refractivity contribution is 0.167. The molecule has 0 saturated heterocycles. The van der Waals surface area contributed by atoms with Crippen molar-refractivity contribution in [3.05, 3.63) is 27.7 Å². The van der Waals surface area contributed by atoms with Crippen LogP contribution in [0.3, 0.4) is 0 Å². The summed E-state index contributed by atoms with van der Waals surface area (Å²) in [6, 6.07) is 3.97. The molecule has 0 saturated carbocycles. The van der Waals surface area contributed by atoms with Gasteiger partial charge in [0.25, 0.3) is 0 Å². The lowest BCUT2D eigenvalue weighted by atomic mass is 10.0. The first kappa shape index (κ1) is 9.99. The first-order valence-corrected chi connectivity index (χ1v) is 5.59. The Labute approximate surface area is 92.0 Å². The molecule has 1 N–H and O–H groups in total. The number of hydrogen-bond acceptors (Lipinski definition) is 2. The Morgan fingerprint density at radius 2 is 2.29 bits per heavy atom. The van der Waals surface area contributed by atoms with Crippen LogP contribution < -0.4 is 4.74 Å². The van der Waals surface area contributed by atoms with Gasteiger partial charge in [0.15, 0.2) is 0 Å². The van der Waals surface area contributed by atoms with E-state index in [2.05, 4.69) is 15.9 Å². The maximum Gasteiger partial charge on any atom is 0.129 e. The Bertz CT molecular complexity index is 349. The number of fused-ring (bicyclic) bond motifs is 1. The van der Waals surface area contributed by atoms with Gasteiger partial charge in [-0.3, -0.25) is 0 Å². The van der Waals surface area contributed by atoms with E-state index in [9.17, 15) is 5.11 Å². The van der Waals surface area contributed by atoms with Gasteiger partial charge in [-0.25, -0.2) is 0 Å². The van der Waals surface area contributed by atoms with Gasteiger partial charge in [0.05, 0.1) is 12.7 Å². The number of hydrogen-bond donors (Lipinski definition) is 1. The highest BCUT2D eigenvalue weighted by Gasteiger charge is 2.21. The summed E-state index contributed by atoms with van der Waals surface area (Å²) in [5.41, 5.74) is 1.99. The fraction of sp³-hybridized carbons (Fsp3) is 0.455. The highest BCUT2D eigenvalue weighted by molar-refractivity contribution is 9.10. The smallest absolute Gasteiger partial charge is 0.129 e. The molecule has 2 nitrogen and oxygen atoms in total. The molecule has 1 aromatic rings. The Morgan fingerprint density at radius 1 is 1.50 bits per heavy atom. The van der Waals surface area contributed by atoms with Crippen LogP contribution >= 0.6 is 15.9 Å². The van der Waals surface area contributed by atoms with E-state index >= 15 is 0 Å². The third kappa shape index (κ3) is 1.66. The van der Waals surface area contributed by atoms with Crippen LogP contribution in [-0.4, -0.2) is 11.7 Å². The van der Waals surface area contributed by atoms with Gasteiger partial charge < -0.3 is 9.84 Å². The second-order valence-corrected chi connectivity index (χ2v) is 4.47. The van der Waals surface area contributed by atoms with E-state index in [1.807, 2.05) is 19.1 Å². The molecule has 0 bridgehead atoms. The number of aliphatic hydroxyl groups is 1. The van der Waals surface area contributed by atoms with E-state index in [1.54, 1.807) is 0 Å². The molecule has 1 aliphatic rings. The second kappa shape index (κ2) is 3.91. The molecule has 76 valence electrons. The number of halogens is 1. The minimum Gasteiger partial charge on any atom is -0.493 e. The Morgan fingerprint density at radius 3 is 3.07 bits per heavy atom. The van der Waals surface area contributed by atoms with Crippen molar-refractivity contribution >= 4 is 15.9 Å². The zero-order valence-corrected chi connectivity index (χ0v) is 9.67. The predicted molar refractivity (Wildman–Crippen MR) is 58.6 cm³/mol. The number of aliphatic hydroxyl groups excluding tert-OH is 1. The molecule has 0 spiro atoms. The molecule has 1 atom stereocenters. The van der Waals surface area contributed by atoms with E-state index in [-0.39, 0.29) is 0 Å². The molecular formula is C11H13BrO2. The van der Waals surface area contributed by atoms with Crippen LogP contribution in [0, 0.1) is 6.92 Å². The molecule has 0 aliphatic carbocycles. The van der Waals surface area contributed by atoms with Crippen molar-refractivity contribution in [2.75, 3.05) is 6.61 Å². The van der Waals surface area contributed by atoms with E-state index < -0.39 is 6.10 Å². The third-order valence-corrected chi connectivity index (χ3v) is 3.23. The minimum absolute atomic E-state index is 0.401. The summed E-state index contributed by atoms with van der Waals surface area (Å²) in [6.07, 6.45) is 1.28. The summed E-state index contributed by atoms with van der Waals surface area (Å²) in [7, 11) is 0. The quantitative estimate of drug-likeness (QED) is 0.774. The van der Waals surface area contributed by atoms with Gasteiger partial charge in [-0.1, -0.05) is 22.0 Å². The summed E-state index contributed by atoms with van der Waals surface area (Å²) in [6.45, 7) is 2.70. The van der Waals surface area contributed by atoms with Crippen molar-refractivity contribution < 1.29 is 9.84 Å². The highest BCUT2D eigenvalue weighted by atomic mass is 79.9. The SMILES string of the molecule is Cc1ccc(Br)c2c1OCCC[C@H]2O. The molecule has 0 aromatic heterocycles. The third-order valence-electron chi connectivity index (χ3n) is 2.54. The van der Waals surface area contributed by atoms with Crippen molar-refractivity contribution in [2.24, 2.45) is 0 Å². The zero-order valence-electron chi connectivity index (χ0n) is 8.09. The van der Waals surface area contributed by atoms with E-state index in [0.29, 0.717) is 6.61 Å². The first-order valence-electron chi connectivity index (χ1n) is 4.80. The monoisotopic (exact) mass is 256 g/mol. The van der Waals surface area contributed by atoms with Crippen molar-refractivity contribution in [3.63, 3.8) is 0 Å². The lowest BCUT2D eigenvalue weighted by Gasteiger charge is -2.14. The number of ether oxygens (including phenoxy) is 1. The van der Waals surface area contributed by atoms with E-state index in [1.165, 1.54) is 0 Å². The Kier molecular flexibility index (Phi) is 2.79. The van der Waals surface area contributed by atoms with Crippen molar-refractivity contribution in [1.82, 2.24) is 0 Å². The molecule has 14 heavy (non-hydrogen) atoms. The molecule has 0 radical (unpaired) electrons. The van der Waals surface area contributed by atoms with Crippen LogP contribution in [0.5, 0.6) is 5.75 Å². The van der Waals surface area contributed by atoms with Gasteiger partial charge in [-0.15, -0.1) is 0 Å². The van der Waals surface area contributed by atoms with Crippen LogP contribution in [0.2, 0.25) is 0 Å². The van der Waals surface area contributed by atoms with E-state index in [4.69, 9.17) is 4.74 Å². The summed E-state index contributed by atoms with van der Waals surface area (Å²) < 4.78 is 6.58. The molecule has 2 rings (SSSR count). The number of aryl methyl sites for hydroxylation is 1. The molecule has 3 heteroatoms. The van der Waals surface area contributed by atoms with Gasteiger partial charge >= 0.3 is 0 Å². The van der Waals surface area contributed by atoms with Gasteiger partial charge in [0.1, 0.15) is 5.75 Å². The van der Waals surface area contributed by atoms with Crippen molar-refractivity contribution in [3.8, 4) is 5.75 Å². The lowest BCUT2D eigenvalue weighted by Crippen LogP contribution is -1.99. The standard InChI is InChI=1S/C11H13BrO2/c1-7-4-5-8(12)10-9(13)3-2-6-14-11(7)10/h4-5,9,13H,2-3,6H2,1H3/t9-/m1/s1. The van der Waals surface area contributed by atoms with Crippen molar-refractivity contribution in [1.29, 1.82) is 0 Å². The Balaban J connectivity index is 2.57. The zero-order chi connectivity index (χ0) is 10.1. The summed E-state index contributed by atoms with van der Waals surface area (Å²) >= 11 is 3.45. The molecule has 0 unspecified atom stereocenters. The molecule has 0 fully saturated rings. The van der Waals surface area contributed by atoms with Gasteiger partial charge in [0.2, 0.25) is 0 Å². The van der Waals surface area contributed by atoms with Crippen LogP contribution in [0.25, 0.3) is 0 Å². The van der Waals surface area contributed by atoms with Crippen LogP contribution in [-0.2, 0) is 0 Å². The van der Waals surface area contributed by atoms with Gasteiger partial charge in [0, 0.05) is 10.0 Å². The Hall–Kier alpha value is -0.540. The van der Waals surface area contributed by atoms with E-state index in [0.717, 1.165) is 34.2 Å². The fourth-order valence-corrected chi connectivity index (χ4v) is 2.36. The summed E-state index contributed by atoms with van der Waals surface area (Å²) in [5.74, 6) is 0.851. The normalized spacial score (nSPS) is 20.9. The largest absolute Gasteiger partial charge is 0.493 e. The molecule has 1 aliphatic heterocycles. The average molecular weight is 257 g/mol. The minimum atomic E-state index is -0.401. The van der Waals surface area contributed by atoms with Crippen LogP contribution in [0.15, 0.2) is 16.6 Å². The molecular weight excluding hydrogens is 244 g/mol. The predicted octanol–water partition coefficient (Wildman–Crippen LogP) is 2.96.